The summed E-state index contributed by atoms with van der Waals surface area (Å²) >= 11 is 0. The van der Waals surface area contributed by atoms with Gasteiger partial charge in [0.2, 0.25) is 5.91 Å². The van der Waals surface area contributed by atoms with Crippen molar-refractivity contribution in [1.82, 2.24) is 4.90 Å². The molecule has 0 aromatic rings. The van der Waals surface area contributed by atoms with E-state index in [2.05, 4.69) is 0 Å². The molecule has 0 atom stereocenters. The van der Waals surface area contributed by atoms with E-state index in [1.54, 1.807) is 0 Å². The Labute approximate surface area is 115 Å². The minimum Gasteiger partial charge on any atom is -0.460 e. The summed E-state index contributed by atoms with van der Waals surface area (Å²) in [7, 11) is 0. The fourth-order valence-corrected chi connectivity index (χ4v) is 2.49. The fraction of sp³-hybridized carbons (Fsp3) is 0.857. The minimum atomic E-state index is -0.459. The van der Waals surface area contributed by atoms with Crippen LogP contribution in [-0.4, -0.2) is 41.5 Å². The first-order valence-electron chi connectivity index (χ1n) is 7.02. The average Bonchev–Trinajstić information content (AvgIpc) is 2.74. The number of ether oxygens (including phenoxy) is 1. The third-order valence-electron chi connectivity index (χ3n) is 3.22. The lowest BCUT2D eigenvalue weighted by atomic mass is 10.2. The van der Waals surface area contributed by atoms with Gasteiger partial charge >= 0.3 is 5.97 Å². The van der Waals surface area contributed by atoms with Crippen LogP contribution in [-0.2, 0) is 14.3 Å². The van der Waals surface area contributed by atoms with E-state index in [1.165, 1.54) is 12.8 Å². The topological polar surface area (TPSA) is 72.6 Å². The van der Waals surface area contributed by atoms with E-state index >= 15 is 0 Å². The van der Waals surface area contributed by atoms with E-state index in [0.29, 0.717) is 19.0 Å². The van der Waals surface area contributed by atoms with E-state index in [4.69, 9.17) is 10.5 Å². The number of hydrogen-bond donors (Lipinski definition) is 1. The molecule has 0 radical (unpaired) electrons. The van der Waals surface area contributed by atoms with Crippen molar-refractivity contribution in [2.45, 2.75) is 64.5 Å². The average molecular weight is 270 g/mol. The van der Waals surface area contributed by atoms with Crippen molar-refractivity contribution in [2.24, 2.45) is 5.73 Å². The molecule has 5 nitrogen and oxygen atoms in total. The van der Waals surface area contributed by atoms with Gasteiger partial charge in [0.25, 0.3) is 0 Å². The Morgan fingerprint density at radius 1 is 1.26 bits per heavy atom. The summed E-state index contributed by atoms with van der Waals surface area (Å²) in [6.07, 6.45) is 4.85. The first-order chi connectivity index (χ1) is 8.78. The summed E-state index contributed by atoms with van der Waals surface area (Å²) in [5.41, 5.74) is 4.81. The predicted molar refractivity (Wildman–Crippen MR) is 73.5 cm³/mol. The number of rotatable bonds is 6. The lowest BCUT2D eigenvalue weighted by Gasteiger charge is -2.27. The SMILES string of the molecule is CC(C)(C)OC(=O)CCN(CC(N)=O)C1CCCC1. The first kappa shape index (κ1) is 16.0. The lowest BCUT2D eigenvalue weighted by Crippen LogP contribution is -2.41. The molecule has 0 aliphatic heterocycles. The highest BCUT2D eigenvalue weighted by atomic mass is 16.6. The Morgan fingerprint density at radius 3 is 2.32 bits per heavy atom. The Hall–Kier alpha value is -1.10. The molecule has 0 saturated heterocycles. The number of carbonyl (C=O) groups is 2. The highest BCUT2D eigenvalue weighted by molar-refractivity contribution is 5.76. The van der Waals surface area contributed by atoms with Crippen LogP contribution in [0.25, 0.3) is 0 Å². The molecule has 1 saturated carbocycles. The Kier molecular flexibility index (Phi) is 5.79. The second-order valence-electron chi connectivity index (χ2n) is 6.21. The maximum absolute atomic E-state index is 11.7. The fourth-order valence-electron chi connectivity index (χ4n) is 2.49. The molecule has 1 aliphatic rings. The van der Waals surface area contributed by atoms with Gasteiger partial charge in [0.15, 0.2) is 0 Å². The monoisotopic (exact) mass is 270 g/mol. The molecule has 0 aromatic carbocycles. The van der Waals surface area contributed by atoms with Crippen molar-refractivity contribution in [3.05, 3.63) is 0 Å². The smallest absolute Gasteiger partial charge is 0.307 e. The van der Waals surface area contributed by atoms with Gasteiger partial charge in [-0.25, -0.2) is 0 Å². The van der Waals surface area contributed by atoms with Crippen LogP contribution in [0.1, 0.15) is 52.9 Å². The zero-order chi connectivity index (χ0) is 14.5. The predicted octanol–water partition coefficient (Wildman–Crippen LogP) is 1.45. The highest BCUT2D eigenvalue weighted by Crippen LogP contribution is 2.23. The molecule has 0 aromatic heterocycles. The number of nitrogens with two attached hydrogens (primary N) is 1. The molecule has 0 heterocycles. The van der Waals surface area contributed by atoms with Crippen molar-refractivity contribution in [2.75, 3.05) is 13.1 Å². The summed E-state index contributed by atoms with van der Waals surface area (Å²) in [5.74, 6) is -0.559. The maximum Gasteiger partial charge on any atom is 0.307 e. The molecular weight excluding hydrogens is 244 g/mol. The number of amides is 1. The minimum absolute atomic E-state index is 0.222. The number of carbonyl (C=O) groups excluding carboxylic acids is 2. The van der Waals surface area contributed by atoms with Crippen LogP contribution in [0.3, 0.4) is 0 Å². The number of nitrogens with zero attached hydrogens (tertiary/aromatic N) is 1. The summed E-state index contributed by atoms with van der Waals surface area (Å²) in [5, 5.41) is 0. The van der Waals surface area contributed by atoms with Gasteiger partial charge in [-0.05, 0) is 33.6 Å². The van der Waals surface area contributed by atoms with Crippen LogP contribution >= 0.6 is 0 Å². The summed E-state index contributed by atoms with van der Waals surface area (Å²) in [6, 6.07) is 0.384. The van der Waals surface area contributed by atoms with Gasteiger partial charge in [0.1, 0.15) is 5.60 Å². The molecule has 1 rings (SSSR count). The van der Waals surface area contributed by atoms with Gasteiger partial charge < -0.3 is 10.5 Å². The molecule has 1 amide bonds. The largest absolute Gasteiger partial charge is 0.460 e. The third kappa shape index (κ3) is 6.57. The van der Waals surface area contributed by atoms with Gasteiger partial charge in [-0.3, -0.25) is 14.5 Å². The van der Waals surface area contributed by atoms with Crippen LogP contribution in [0.5, 0.6) is 0 Å². The Morgan fingerprint density at radius 2 is 1.84 bits per heavy atom. The van der Waals surface area contributed by atoms with Gasteiger partial charge in [0.05, 0.1) is 13.0 Å². The molecule has 110 valence electrons. The third-order valence-corrected chi connectivity index (χ3v) is 3.22. The van der Waals surface area contributed by atoms with Crippen LogP contribution in [0, 0.1) is 0 Å². The van der Waals surface area contributed by atoms with Crippen molar-refractivity contribution in [3.63, 3.8) is 0 Å². The summed E-state index contributed by atoms with van der Waals surface area (Å²) in [6.45, 7) is 6.32. The van der Waals surface area contributed by atoms with E-state index in [9.17, 15) is 9.59 Å². The van der Waals surface area contributed by atoms with Crippen LogP contribution in [0.2, 0.25) is 0 Å². The Bertz CT molecular complexity index is 317. The van der Waals surface area contributed by atoms with Crippen LogP contribution in [0.15, 0.2) is 0 Å². The second-order valence-corrected chi connectivity index (χ2v) is 6.21. The summed E-state index contributed by atoms with van der Waals surface area (Å²) < 4.78 is 5.27. The van der Waals surface area contributed by atoms with Crippen molar-refractivity contribution in [3.8, 4) is 0 Å². The first-order valence-corrected chi connectivity index (χ1v) is 7.02. The van der Waals surface area contributed by atoms with E-state index < -0.39 is 5.60 Å². The van der Waals surface area contributed by atoms with E-state index in [0.717, 1.165) is 12.8 Å². The Balaban J connectivity index is 2.44. The summed E-state index contributed by atoms with van der Waals surface area (Å²) in [4.78, 5) is 24.8. The quantitative estimate of drug-likeness (QED) is 0.741. The molecule has 0 unspecified atom stereocenters. The van der Waals surface area contributed by atoms with Crippen molar-refractivity contribution < 1.29 is 14.3 Å². The van der Waals surface area contributed by atoms with Crippen LogP contribution in [0.4, 0.5) is 0 Å². The molecule has 1 aliphatic carbocycles. The van der Waals surface area contributed by atoms with E-state index in [-0.39, 0.29) is 18.4 Å². The van der Waals surface area contributed by atoms with E-state index in [1.807, 2.05) is 25.7 Å². The molecule has 0 spiro atoms. The van der Waals surface area contributed by atoms with Crippen molar-refractivity contribution >= 4 is 11.9 Å². The molecular formula is C14H26N2O3. The second kappa shape index (κ2) is 6.89. The number of esters is 1. The van der Waals surface area contributed by atoms with Crippen LogP contribution < -0.4 is 5.73 Å². The lowest BCUT2D eigenvalue weighted by molar-refractivity contribution is -0.155. The highest BCUT2D eigenvalue weighted by Gasteiger charge is 2.25. The normalized spacial score (nSPS) is 16.8. The van der Waals surface area contributed by atoms with Gasteiger partial charge in [-0.1, -0.05) is 12.8 Å². The van der Waals surface area contributed by atoms with Crippen molar-refractivity contribution in [1.29, 1.82) is 0 Å². The molecule has 1 fully saturated rings. The molecule has 19 heavy (non-hydrogen) atoms. The molecule has 5 heteroatoms. The standard InChI is InChI=1S/C14H26N2O3/c1-14(2,3)19-13(18)8-9-16(10-12(15)17)11-6-4-5-7-11/h11H,4-10H2,1-3H3,(H2,15,17). The molecule has 2 N–H and O–H groups in total. The van der Waals surface area contributed by atoms with Gasteiger partial charge in [0, 0.05) is 12.6 Å². The maximum atomic E-state index is 11.7. The zero-order valence-corrected chi connectivity index (χ0v) is 12.3. The molecule has 0 bridgehead atoms. The number of primary amides is 1. The van der Waals surface area contributed by atoms with Gasteiger partial charge in [-0.15, -0.1) is 0 Å². The number of hydrogen-bond acceptors (Lipinski definition) is 4. The van der Waals surface area contributed by atoms with Gasteiger partial charge in [-0.2, -0.15) is 0 Å². The zero-order valence-electron chi connectivity index (χ0n) is 12.3.